The smallest absolute Gasteiger partial charge is 0.263 e. The molecule has 2 heterocycles. The molecular weight excluding hydrogens is 345 g/mol. The van der Waals surface area contributed by atoms with Crippen LogP contribution in [0.3, 0.4) is 0 Å². The topological polar surface area (TPSA) is 67.2 Å². The molecule has 2 aromatic heterocycles. The highest BCUT2D eigenvalue weighted by Crippen LogP contribution is 2.29. The van der Waals surface area contributed by atoms with Crippen molar-refractivity contribution in [3.63, 3.8) is 0 Å². The van der Waals surface area contributed by atoms with Gasteiger partial charge in [-0.05, 0) is 46.0 Å². The zero-order valence-corrected chi connectivity index (χ0v) is 15.2. The van der Waals surface area contributed by atoms with E-state index in [1.165, 1.54) is 11.3 Å². The van der Waals surface area contributed by atoms with Crippen molar-refractivity contribution < 1.29 is 9.21 Å². The second-order valence-corrected chi connectivity index (χ2v) is 5.56. The SMILES string of the molecule is CNCCCNC(=O)c1sc(-c2ccc(C)o2)nc1C.Cl.Cl. The quantitative estimate of drug-likeness (QED) is 0.771. The molecule has 2 N–H and O–H groups in total. The Kier molecular flexibility index (Phi) is 9.36. The predicted molar refractivity (Wildman–Crippen MR) is 94.7 cm³/mol. The van der Waals surface area contributed by atoms with E-state index < -0.39 is 0 Å². The fourth-order valence-corrected chi connectivity index (χ4v) is 2.75. The maximum absolute atomic E-state index is 12.1. The van der Waals surface area contributed by atoms with E-state index in [0.717, 1.165) is 29.4 Å². The van der Waals surface area contributed by atoms with Gasteiger partial charge in [0.2, 0.25) is 0 Å². The molecule has 0 fully saturated rings. The highest BCUT2D eigenvalue weighted by atomic mass is 35.5. The lowest BCUT2D eigenvalue weighted by Gasteiger charge is -2.03. The Hall–Kier alpha value is -1.08. The summed E-state index contributed by atoms with van der Waals surface area (Å²) >= 11 is 1.37. The second kappa shape index (κ2) is 9.84. The summed E-state index contributed by atoms with van der Waals surface area (Å²) in [5.41, 5.74) is 0.741. The van der Waals surface area contributed by atoms with Crippen molar-refractivity contribution in [2.24, 2.45) is 0 Å². The zero-order chi connectivity index (χ0) is 14.5. The predicted octanol–water partition coefficient (Wildman–Crippen LogP) is 3.20. The minimum absolute atomic E-state index is 0. The van der Waals surface area contributed by atoms with Crippen LogP contribution in [0, 0.1) is 13.8 Å². The molecule has 2 rings (SSSR count). The molecule has 5 nitrogen and oxygen atoms in total. The van der Waals surface area contributed by atoms with Gasteiger partial charge in [-0.1, -0.05) is 0 Å². The number of aromatic nitrogens is 1. The van der Waals surface area contributed by atoms with Crippen LogP contribution in [0.4, 0.5) is 0 Å². The van der Waals surface area contributed by atoms with Gasteiger partial charge in [-0.15, -0.1) is 36.2 Å². The molecule has 0 aliphatic carbocycles. The van der Waals surface area contributed by atoms with Gasteiger partial charge in [0, 0.05) is 6.54 Å². The summed E-state index contributed by atoms with van der Waals surface area (Å²) in [6.45, 7) is 5.28. The molecule has 0 aliphatic heterocycles. The highest BCUT2D eigenvalue weighted by molar-refractivity contribution is 7.17. The van der Waals surface area contributed by atoms with E-state index in [1.807, 2.05) is 33.0 Å². The number of nitrogens with zero attached hydrogens (tertiary/aromatic N) is 1. The Bertz CT molecular complexity index is 599. The lowest BCUT2D eigenvalue weighted by atomic mass is 10.3. The van der Waals surface area contributed by atoms with Crippen LogP contribution < -0.4 is 10.6 Å². The van der Waals surface area contributed by atoms with E-state index in [4.69, 9.17) is 4.42 Å². The number of carbonyl (C=O) groups excluding carboxylic acids is 1. The third-order valence-electron chi connectivity index (χ3n) is 2.84. The monoisotopic (exact) mass is 365 g/mol. The van der Waals surface area contributed by atoms with E-state index in [-0.39, 0.29) is 30.7 Å². The van der Waals surface area contributed by atoms with Gasteiger partial charge in [-0.3, -0.25) is 4.79 Å². The van der Waals surface area contributed by atoms with Gasteiger partial charge in [0.15, 0.2) is 10.8 Å². The van der Waals surface area contributed by atoms with Crippen molar-refractivity contribution in [1.29, 1.82) is 0 Å². The van der Waals surface area contributed by atoms with Crippen molar-refractivity contribution in [2.75, 3.05) is 20.1 Å². The molecule has 0 unspecified atom stereocenters. The molecule has 124 valence electrons. The minimum atomic E-state index is -0.0642. The van der Waals surface area contributed by atoms with Crippen LogP contribution in [-0.2, 0) is 0 Å². The first-order valence-electron chi connectivity index (χ1n) is 6.59. The molecular formula is C14H21Cl2N3O2S. The van der Waals surface area contributed by atoms with E-state index in [9.17, 15) is 4.79 Å². The van der Waals surface area contributed by atoms with E-state index in [2.05, 4.69) is 15.6 Å². The van der Waals surface area contributed by atoms with Crippen molar-refractivity contribution in [2.45, 2.75) is 20.3 Å². The summed E-state index contributed by atoms with van der Waals surface area (Å²) in [5, 5.41) is 6.70. The normalized spacial score (nSPS) is 9.77. The minimum Gasteiger partial charge on any atom is -0.459 e. The summed E-state index contributed by atoms with van der Waals surface area (Å²) < 4.78 is 5.54. The first-order chi connectivity index (χ1) is 9.61. The highest BCUT2D eigenvalue weighted by Gasteiger charge is 2.17. The molecule has 22 heavy (non-hydrogen) atoms. The number of hydrogen-bond acceptors (Lipinski definition) is 5. The van der Waals surface area contributed by atoms with Crippen LogP contribution in [0.1, 0.15) is 27.5 Å². The van der Waals surface area contributed by atoms with Crippen LogP contribution in [0.25, 0.3) is 10.8 Å². The largest absolute Gasteiger partial charge is 0.459 e. The number of halogens is 2. The lowest BCUT2D eigenvalue weighted by Crippen LogP contribution is -2.26. The van der Waals surface area contributed by atoms with E-state index in [0.29, 0.717) is 17.2 Å². The maximum Gasteiger partial charge on any atom is 0.263 e. The number of thiazole rings is 1. The Morgan fingerprint density at radius 3 is 2.59 bits per heavy atom. The van der Waals surface area contributed by atoms with Gasteiger partial charge in [0.25, 0.3) is 5.91 Å². The van der Waals surface area contributed by atoms with Crippen LogP contribution in [-0.4, -0.2) is 31.0 Å². The summed E-state index contributed by atoms with van der Waals surface area (Å²) in [6.07, 6.45) is 0.907. The second-order valence-electron chi connectivity index (χ2n) is 4.56. The van der Waals surface area contributed by atoms with Crippen LogP contribution >= 0.6 is 36.2 Å². The maximum atomic E-state index is 12.1. The Morgan fingerprint density at radius 2 is 2.00 bits per heavy atom. The van der Waals surface area contributed by atoms with Gasteiger partial charge in [-0.2, -0.15) is 0 Å². The average Bonchev–Trinajstić information content (AvgIpc) is 3.00. The first kappa shape index (κ1) is 20.9. The third kappa shape index (κ3) is 5.28. The number of nitrogens with one attached hydrogen (secondary N) is 2. The van der Waals surface area contributed by atoms with Gasteiger partial charge in [0.05, 0.1) is 5.69 Å². The molecule has 0 radical (unpaired) electrons. The van der Waals surface area contributed by atoms with E-state index >= 15 is 0 Å². The van der Waals surface area contributed by atoms with Gasteiger partial charge in [-0.25, -0.2) is 4.98 Å². The fourth-order valence-electron chi connectivity index (χ4n) is 1.81. The van der Waals surface area contributed by atoms with Crippen molar-refractivity contribution in [3.05, 3.63) is 28.5 Å². The number of hydrogen-bond donors (Lipinski definition) is 2. The summed E-state index contributed by atoms with van der Waals surface area (Å²) in [7, 11) is 1.90. The molecule has 8 heteroatoms. The molecule has 0 spiro atoms. The fraction of sp³-hybridized carbons (Fsp3) is 0.429. The van der Waals surface area contributed by atoms with Crippen LogP contribution in [0.2, 0.25) is 0 Å². The number of furan rings is 1. The number of rotatable bonds is 6. The Balaban J connectivity index is 0.00000220. The Morgan fingerprint density at radius 1 is 1.27 bits per heavy atom. The number of aryl methyl sites for hydroxylation is 2. The molecule has 0 saturated carbocycles. The molecule has 0 bridgehead atoms. The van der Waals surface area contributed by atoms with Crippen LogP contribution in [0.15, 0.2) is 16.5 Å². The molecule has 0 aromatic carbocycles. The van der Waals surface area contributed by atoms with Crippen molar-refractivity contribution in [1.82, 2.24) is 15.6 Å². The number of carbonyl (C=O) groups is 1. The Labute approximate surface area is 146 Å². The van der Waals surface area contributed by atoms with E-state index in [1.54, 1.807) is 0 Å². The van der Waals surface area contributed by atoms with Gasteiger partial charge >= 0.3 is 0 Å². The number of amides is 1. The summed E-state index contributed by atoms with van der Waals surface area (Å²) in [5.74, 6) is 1.49. The molecule has 2 aromatic rings. The molecule has 0 saturated heterocycles. The average molecular weight is 366 g/mol. The van der Waals surface area contributed by atoms with Gasteiger partial charge in [0.1, 0.15) is 10.6 Å². The van der Waals surface area contributed by atoms with Crippen molar-refractivity contribution >= 4 is 42.1 Å². The molecule has 1 amide bonds. The standard InChI is InChI=1S/C14H19N3O2S.2ClH/c1-9-5-6-11(19-9)14-17-10(2)12(20-14)13(18)16-8-4-7-15-3;;/h5-6,15H,4,7-8H2,1-3H3,(H,16,18);2*1H. The van der Waals surface area contributed by atoms with Crippen molar-refractivity contribution in [3.8, 4) is 10.8 Å². The lowest BCUT2D eigenvalue weighted by molar-refractivity contribution is 0.0956. The summed E-state index contributed by atoms with van der Waals surface area (Å²) in [6, 6.07) is 3.77. The molecule has 0 atom stereocenters. The third-order valence-corrected chi connectivity index (χ3v) is 4.01. The van der Waals surface area contributed by atoms with Crippen LogP contribution in [0.5, 0.6) is 0 Å². The first-order valence-corrected chi connectivity index (χ1v) is 7.40. The molecule has 0 aliphatic rings. The summed E-state index contributed by atoms with van der Waals surface area (Å²) in [4.78, 5) is 17.1. The zero-order valence-electron chi connectivity index (χ0n) is 12.8. The van der Waals surface area contributed by atoms with Gasteiger partial charge < -0.3 is 15.1 Å².